The van der Waals surface area contributed by atoms with Gasteiger partial charge in [0.1, 0.15) is 17.5 Å². The van der Waals surface area contributed by atoms with Crippen molar-refractivity contribution in [2.24, 2.45) is 0 Å². The zero-order chi connectivity index (χ0) is 20.1. The van der Waals surface area contributed by atoms with E-state index >= 15 is 0 Å². The molecular formula is C21H22N6O2. The number of hydrogen-bond acceptors (Lipinski definition) is 7. The van der Waals surface area contributed by atoms with Crippen LogP contribution in [-0.2, 0) is 4.74 Å². The highest BCUT2D eigenvalue weighted by atomic mass is 16.5. The number of nitrogens with zero attached hydrogens (tertiary/aromatic N) is 4. The summed E-state index contributed by atoms with van der Waals surface area (Å²) in [5.41, 5.74) is 2.09. The molecule has 3 aromatic rings. The predicted octanol–water partition coefficient (Wildman–Crippen LogP) is 3.01. The molecule has 1 aliphatic rings. The van der Waals surface area contributed by atoms with E-state index in [1.165, 1.54) is 6.20 Å². The van der Waals surface area contributed by atoms with Crippen molar-refractivity contribution in [1.29, 1.82) is 0 Å². The lowest BCUT2D eigenvalue weighted by Gasteiger charge is -2.28. The highest BCUT2D eigenvalue weighted by Crippen LogP contribution is 2.22. The van der Waals surface area contributed by atoms with Gasteiger partial charge < -0.3 is 20.3 Å². The molecule has 2 aromatic heterocycles. The number of nitrogens with one attached hydrogen (secondary N) is 2. The highest BCUT2D eigenvalue weighted by Gasteiger charge is 2.14. The maximum absolute atomic E-state index is 12.2. The topological polar surface area (TPSA) is 92.3 Å². The smallest absolute Gasteiger partial charge is 0.257 e. The van der Waals surface area contributed by atoms with Crippen molar-refractivity contribution in [3.8, 4) is 0 Å². The SMILES string of the molecule is Cc1nc(Nc2ccc(NC(=O)c3cccnc3)cc2)cc(N2CCOCC2)n1. The fourth-order valence-electron chi connectivity index (χ4n) is 3.06. The number of anilines is 4. The standard InChI is InChI=1S/C21H22N6O2/c1-15-23-19(13-20(24-15)27-9-11-29-12-10-27)25-17-4-6-18(7-5-17)26-21(28)16-3-2-8-22-14-16/h2-8,13-14H,9-12H2,1H3,(H,26,28)(H,23,24,25). The fourth-order valence-corrected chi connectivity index (χ4v) is 3.06. The van der Waals surface area contributed by atoms with Gasteiger partial charge in [-0.05, 0) is 43.3 Å². The van der Waals surface area contributed by atoms with Gasteiger partial charge in [0.25, 0.3) is 5.91 Å². The van der Waals surface area contributed by atoms with Gasteiger partial charge >= 0.3 is 0 Å². The minimum absolute atomic E-state index is 0.194. The number of carbonyl (C=O) groups excluding carboxylic acids is 1. The number of pyridine rings is 1. The number of aromatic nitrogens is 3. The van der Waals surface area contributed by atoms with Crippen LogP contribution < -0.4 is 15.5 Å². The Kier molecular flexibility index (Phi) is 5.62. The minimum atomic E-state index is -0.194. The Balaban J connectivity index is 1.43. The fraction of sp³-hybridized carbons (Fsp3) is 0.238. The zero-order valence-electron chi connectivity index (χ0n) is 16.1. The number of benzene rings is 1. The van der Waals surface area contributed by atoms with Crippen LogP contribution in [0, 0.1) is 6.92 Å². The second-order valence-corrected chi connectivity index (χ2v) is 6.66. The number of rotatable bonds is 5. The van der Waals surface area contributed by atoms with Gasteiger partial charge in [-0.15, -0.1) is 0 Å². The van der Waals surface area contributed by atoms with Crippen LogP contribution in [0.1, 0.15) is 16.2 Å². The van der Waals surface area contributed by atoms with E-state index in [9.17, 15) is 4.79 Å². The van der Waals surface area contributed by atoms with Gasteiger partial charge in [0, 0.05) is 42.9 Å². The number of amides is 1. The van der Waals surface area contributed by atoms with Crippen LogP contribution in [0.5, 0.6) is 0 Å². The first-order valence-electron chi connectivity index (χ1n) is 9.44. The van der Waals surface area contributed by atoms with Crippen molar-refractivity contribution >= 4 is 28.9 Å². The lowest BCUT2D eigenvalue weighted by Crippen LogP contribution is -2.36. The highest BCUT2D eigenvalue weighted by molar-refractivity contribution is 6.04. The molecule has 2 N–H and O–H groups in total. The number of morpholine rings is 1. The summed E-state index contributed by atoms with van der Waals surface area (Å²) < 4.78 is 5.41. The van der Waals surface area contributed by atoms with Crippen LogP contribution in [0.15, 0.2) is 54.9 Å². The lowest BCUT2D eigenvalue weighted by molar-refractivity contribution is 0.102. The Morgan fingerprint density at radius 2 is 1.83 bits per heavy atom. The van der Waals surface area contributed by atoms with Gasteiger partial charge in [-0.25, -0.2) is 9.97 Å². The van der Waals surface area contributed by atoms with Crippen LogP contribution in [0.2, 0.25) is 0 Å². The van der Waals surface area contributed by atoms with E-state index in [2.05, 4.69) is 30.5 Å². The molecule has 0 atom stereocenters. The van der Waals surface area contributed by atoms with Gasteiger partial charge in [0.15, 0.2) is 0 Å². The summed E-state index contributed by atoms with van der Waals surface area (Å²) in [5.74, 6) is 2.13. The molecule has 0 radical (unpaired) electrons. The molecule has 3 heterocycles. The normalized spacial score (nSPS) is 13.8. The Hall–Kier alpha value is -3.52. The summed E-state index contributed by atoms with van der Waals surface area (Å²) >= 11 is 0. The van der Waals surface area contributed by atoms with Crippen LogP contribution in [0.25, 0.3) is 0 Å². The van der Waals surface area contributed by atoms with E-state index in [4.69, 9.17) is 4.74 Å². The third-order valence-corrected chi connectivity index (χ3v) is 4.50. The Morgan fingerprint density at radius 1 is 1.07 bits per heavy atom. The maximum Gasteiger partial charge on any atom is 0.257 e. The van der Waals surface area contributed by atoms with E-state index < -0.39 is 0 Å². The molecule has 0 unspecified atom stereocenters. The Labute approximate surface area is 169 Å². The third kappa shape index (κ3) is 4.85. The van der Waals surface area contributed by atoms with E-state index in [0.717, 1.165) is 30.4 Å². The summed E-state index contributed by atoms with van der Waals surface area (Å²) in [6.45, 7) is 4.94. The molecular weight excluding hydrogens is 368 g/mol. The molecule has 0 saturated carbocycles. The second kappa shape index (κ2) is 8.66. The van der Waals surface area contributed by atoms with Crippen molar-refractivity contribution in [2.75, 3.05) is 41.8 Å². The molecule has 1 saturated heterocycles. The lowest BCUT2D eigenvalue weighted by atomic mass is 10.2. The Bertz CT molecular complexity index is 972. The first-order valence-corrected chi connectivity index (χ1v) is 9.44. The van der Waals surface area contributed by atoms with Gasteiger partial charge in [-0.2, -0.15) is 0 Å². The van der Waals surface area contributed by atoms with E-state index in [-0.39, 0.29) is 5.91 Å². The number of aryl methyl sites for hydroxylation is 1. The molecule has 4 rings (SSSR count). The van der Waals surface area contributed by atoms with Crippen LogP contribution in [0.4, 0.5) is 23.0 Å². The molecule has 29 heavy (non-hydrogen) atoms. The number of hydrogen-bond donors (Lipinski definition) is 2. The van der Waals surface area contributed by atoms with Crippen LogP contribution in [-0.4, -0.2) is 47.2 Å². The van der Waals surface area contributed by atoms with Crippen molar-refractivity contribution in [2.45, 2.75) is 6.92 Å². The van der Waals surface area contributed by atoms with E-state index in [0.29, 0.717) is 30.3 Å². The largest absolute Gasteiger partial charge is 0.378 e. The second-order valence-electron chi connectivity index (χ2n) is 6.66. The first-order chi connectivity index (χ1) is 14.2. The van der Waals surface area contributed by atoms with Gasteiger partial charge in [-0.3, -0.25) is 9.78 Å². The number of carbonyl (C=O) groups is 1. The molecule has 0 bridgehead atoms. The maximum atomic E-state index is 12.2. The van der Waals surface area contributed by atoms with Gasteiger partial charge in [0.2, 0.25) is 0 Å². The molecule has 1 fully saturated rings. The molecule has 0 spiro atoms. The molecule has 0 aliphatic carbocycles. The zero-order valence-corrected chi connectivity index (χ0v) is 16.1. The molecule has 1 amide bonds. The average Bonchev–Trinajstić information content (AvgIpc) is 2.76. The average molecular weight is 390 g/mol. The molecule has 8 nitrogen and oxygen atoms in total. The van der Waals surface area contributed by atoms with Crippen molar-refractivity contribution < 1.29 is 9.53 Å². The van der Waals surface area contributed by atoms with Crippen LogP contribution in [0.3, 0.4) is 0 Å². The molecule has 8 heteroatoms. The summed E-state index contributed by atoms with van der Waals surface area (Å²) in [6, 6.07) is 12.9. The first kappa shape index (κ1) is 18.8. The van der Waals surface area contributed by atoms with E-state index in [1.807, 2.05) is 37.3 Å². The quantitative estimate of drug-likeness (QED) is 0.692. The summed E-state index contributed by atoms with van der Waals surface area (Å²) in [7, 11) is 0. The summed E-state index contributed by atoms with van der Waals surface area (Å²) in [4.78, 5) is 27.4. The van der Waals surface area contributed by atoms with Crippen molar-refractivity contribution in [3.63, 3.8) is 0 Å². The van der Waals surface area contributed by atoms with Crippen LogP contribution >= 0.6 is 0 Å². The van der Waals surface area contributed by atoms with Gasteiger partial charge in [0.05, 0.1) is 18.8 Å². The minimum Gasteiger partial charge on any atom is -0.378 e. The third-order valence-electron chi connectivity index (χ3n) is 4.50. The molecule has 1 aliphatic heterocycles. The van der Waals surface area contributed by atoms with E-state index in [1.54, 1.807) is 18.3 Å². The van der Waals surface area contributed by atoms with Crippen molar-refractivity contribution in [3.05, 3.63) is 66.2 Å². The Morgan fingerprint density at radius 3 is 2.55 bits per heavy atom. The number of ether oxygens (including phenoxy) is 1. The van der Waals surface area contributed by atoms with Gasteiger partial charge in [-0.1, -0.05) is 0 Å². The summed E-state index contributed by atoms with van der Waals surface area (Å²) in [6.07, 6.45) is 3.17. The molecule has 148 valence electrons. The monoisotopic (exact) mass is 390 g/mol. The summed E-state index contributed by atoms with van der Waals surface area (Å²) in [5, 5.41) is 6.16. The van der Waals surface area contributed by atoms with Crippen molar-refractivity contribution in [1.82, 2.24) is 15.0 Å². The predicted molar refractivity (Wildman–Crippen MR) is 112 cm³/mol. The molecule has 1 aromatic carbocycles.